The number of amides is 1. The SMILES string of the molecule is CC1CCN(c2ccc(NC(=O)C3CC3c3cccc(Cl)c3)cc2)C1. The van der Waals surface area contributed by atoms with Gasteiger partial charge in [-0.2, -0.15) is 0 Å². The molecule has 2 aromatic rings. The first-order valence-electron chi connectivity index (χ1n) is 9.01. The molecule has 3 atom stereocenters. The number of carbonyl (C=O) groups is 1. The standard InChI is InChI=1S/C21H23ClN2O/c1-14-9-10-24(13-14)18-7-5-17(6-8-18)23-21(25)20-12-19(20)15-3-2-4-16(22)11-15/h2-8,11,14,19-20H,9-10,12-13H2,1H3,(H,23,25). The van der Waals surface area contributed by atoms with Crippen molar-refractivity contribution < 1.29 is 4.79 Å². The monoisotopic (exact) mass is 354 g/mol. The highest BCUT2D eigenvalue weighted by atomic mass is 35.5. The highest BCUT2D eigenvalue weighted by Crippen LogP contribution is 2.48. The molecule has 3 unspecified atom stereocenters. The van der Waals surface area contributed by atoms with Gasteiger partial charge < -0.3 is 10.2 Å². The van der Waals surface area contributed by atoms with Crippen LogP contribution in [0.25, 0.3) is 0 Å². The van der Waals surface area contributed by atoms with Crippen molar-refractivity contribution in [2.75, 3.05) is 23.3 Å². The van der Waals surface area contributed by atoms with E-state index in [4.69, 9.17) is 11.6 Å². The summed E-state index contributed by atoms with van der Waals surface area (Å²) >= 11 is 6.05. The van der Waals surface area contributed by atoms with Crippen LogP contribution in [0.4, 0.5) is 11.4 Å². The summed E-state index contributed by atoms with van der Waals surface area (Å²) in [4.78, 5) is 14.9. The number of nitrogens with one attached hydrogen (secondary N) is 1. The molecule has 0 bridgehead atoms. The van der Waals surface area contributed by atoms with E-state index in [2.05, 4.69) is 35.3 Å². The summed E-state index contributed by atoms with van der Waals surface area (Å²) in [6, 6.07) is 16.1. The van der Waals surface area contributed by atoms with E-state index in [1.165, 1.54) is 12.1 Å². The lowest BCUT2D eigenvalue weighted by Crippen LogP contribution is -2.19. The van der Waals surface area contributed by atoms with E-state index < -0.39 is 0 Å². The molecule has 2 aromatic carbocycles. The van der Waals surface area contributed by atoms with Crippen molar-refractivity contribution in [1.29, 1.82) is 0 Å². The maximum atomic E-state index is 12.5. The Morgan fingerprint density at radius 2 is 2.00 bits per heavy atom. The fraction of sp³-hybridized carbons (Fsp3) is 0.381. The molecule has 130 valence electrons. The molecule has 1 N–H and O–H groups in total. The van der Waals surface area contributed by atoms with Crippen LogP contribution in [0.5, 0.6) is 0 Å². The summed E-state index contributed by atoms with van der Waals surface area (Å²) in [5, 5.41) is 3.79. The lowest BCUT2D eigenvalue weighted by Gasteiger charge is -2.18. The molecule has 1 heterocycles. The molecule has 1 aliphatic carbocycles. The molecule has 0 radical (unpaired) electrons. The molecule has 0 aromatic heterocycles. The molecule has 1 amide bonds. The van der Waals surface area contributed by atoms with Crippen LogP contribution in [0.1, 0.15) is 31.2 Å². The lowest BCUT2D eigenvalue weighted by atomic mass is 10.1. The number of carbonyl (C=O) groups excluding carboxylic acids is 1. The fourth-order valence-corrected chi connectivity index (χ4v) is 3.95. The van der Waals surface area contributed by atoms with Gasteiger partial charge in [-0.3, -0.25) is 4.79 Å². The van der Waals surface area contributed by atoms with Crippen LogP contribution in [0.15, 0.2) is 48.5 Å². The van der Waals surface area contributed by atoms with Crippen LogP contribution in [-0.2, 0) is 4.79 Å². The topological polar surface area (TPSA) is 32.3 Å². The second-order valence-electron chi connectivity index (χ2n) is 7.38. The van der Waals surface area contributed by atoms with Crippen molar-refractivity contribution in [3.8, 4) is 0 Å². The fourth-order valence-electron chi connectivity index (χ4n) is 3.75. The largest absolute Gasteiger partial charge is 0.371 e. The van der Waals surface area contributed by atoms with Crippen molar-refractivity contribution >= 4 is 28.9 Å². The first kappa shape index (κ1) is 16.5. The number of nitrogens with zero attached hydrogens (tertiary/aromatic N) is 1. The minimum atomic E-state index is 0.0533. The van der Waals surface area contributed by atoms with Gasteiger partial charge in [-0.25, -0.2) is 0 Å². The van der Waals surface area contributed by atoms with E-state index in [1.54, 1.807) is 0 Å². The summed E-state index contributed by atoms with van der Waals surface area (Å²) in [6.45, 7) is 4.53. The zero-order valence-electron chi connectivity index (χ0n) is 14.4. The van der Waals surface area contributed by atoms with Gasteiger partial charge in [0.15, 0.2) is 0 Å². The zero-order valence-corrected chi connectivity index (χ0v) is 15.2. The van der Waals surface area contributed by atoms with Crippen LogP contribution < -0.4 is 10.2 Å². The summed E-state index contributed by atoms with van der Waals surface area (Å²) < 4.78 is 0. The molecule has 1 saturated carbocycles. The van der Waals surface area contributed by atoms with Gasteiger partial charge in [0.2, 0.25) is 5.91 Å². The third kappa shape index (κ3) is 3.67. The third-order valence-corrected chi connectivity index (χ3v) is 5.56. The van der Waals surface area contributed by atoms with Gasteiger partial charge in [0, 0.05) is 35.4 Å². The Bertz CT molecular complexity index is 774. The molecule has 3 nitrogen and oxygen atoms in total. The number of hydrogen-bond donors (Lipinski definition) is 1. The van der Waals surface area contributed by atoms with E-state index in [-0.39, 0.29) is 11.8 Å². The van der Waals surface area contributed by atoms with Crippen molar-refractivity contribution in [2.45, 2.75) is 25.7 Å². The van der Waals surface area contributed by atoms with Gasteiger partial charge in [0.1, 0.15) is 0 Å². The normalized spacial score (nSPS) is 25.0. The molecule has 4 heteroatoms. The van der Waals surface area contributed by atoms with E-state index in [1.807, 2.05) is 30.3 Å². The lowest BCUT2D eigenvalue weighted by molar-refractivity contribution is -0.117. The average Bonchev–Trinajstić information content (AvgIpc) is 3.30. The quantitative estimate of drug-likeness (QED) is 0.844. The van der Waals surface area contributed by atoms with E-state index >= 15 is 0 Å². The van der Waals surface area contributed by atoms with Gasteiger partial charge in [0.25, 0.3) is 0 Å². The van der Waals surface area contributed by atoms with Crippen LogP contribution in [0.3, 0.4) is 0 Å². The second kappa shape index (κ2) is 6.72. The Kier molecular flexibility index (Phi) is 4.43. The highest BCUT2D eigenvalue weighted by molar-refractivity contribution is 6.30. The van der Waals surface area contributed by atoms with Gasteiger partial charge in [-0.05, 0) is 66.6 Å². The minimum absolute atomic E-state index is 0.0533. The molecule has 0 spiro atoms. The summed E-state index contributed by atoms with van der Waals surface area (Å²) in [5.41, 5.74) is 3.27. The van der Waals surface area contributed by atoms with Crippen molar-refractivity contribution in [2.24, 2.45) is 11.8 Å². The van der Waals surface area contributed by atoms with E-state index in [0.29, 0.717) is 5.92 Å². The zero-order chi connectivity index (χ0) is 17.4. The molecule has 4 rings (SSSR count). The van der Waals surface area contributed by atoms with Crippen molar-refractivity contribution in [1.82, 2.24) is 0 Å². The molecule has 1 aliphatic heterocycles. The van der Waals surface area contributed by atoms with Gasteiger partial charge >= 0.3 is 0 Å². The number of halogens is 1. The Morgan fingerprint density at radius 1 is 1.20 bits per heavy atom. The summed E-state index contributed by atoms with van der Waals surface area (Å²) in [6.07, 6.45) is 2.15. The molecule has 2 fully saturated rings. The smallest absolute Gasteiger partial charge is 0.228 e. The Labute approximate surface area is 154 Å². The van der Waals surface area contributed by atoms with E-state index in [0.717, 1.165) is 41.7 Å². The number of benzene rings is 2. The van der Waals surface area contributed by atoms with Crippen LogP contribution >= 0.6 is 11.6 Å². The van der Waals surface area contributed by atoms with Crippen molar-refractivity contribution in [3.05, 3.63) is 59.1 Å². The number of hydrogen-bond acceptors (Lipinski definition) is 2. The predicted octanol–water partition coefficient (Wildman–Crippen LogP) is 4.93. The number of anilines is 2. The predicted molar refractivity (Wildman–Crippen MR) is 103 cm³/mol. The second-order valence-corrected chi connectivity index (χ2v) is 7.82. The Morgan fingerprint density at radius 3 is 2.68 bits per heavy atom. The van der Waals surface area contributed by atoms with Crippen LogP contribution in [0.2, 0.25) is 5.02 Å². The molecule has 25 heavy (non-hydrogen) atoms. The van der Waals surface area contributed by atoms with Crippen molar-refractivity contribution in [3.63, 3.8) is 0 Å². The Balaban J connectivity index is 1.35. The summed E-state index contributed by atoms with van der Waals surface area (Å²) in [5.74, 6) is 1.21. The van der Waals surface area contributed by atoms with Gasteiger partial charge in [-0.15, -0.1) is 0 Å². The van der Waals surface area contributed by atoms with Crippen LogP contribution in [0, 0.1) is 11.8 Å². The highest BCUT2D eigenvalue weighted by Gasteiger charge is 2.43. The Hall–Kier alpha value is -2.00. The minimum Gasteiger partial charge on any atom is -0.371 e. The van der Waals surface area contributed by atoms with Crippen LogP contribution in [-0.4, -0.2) is 19.0 Å². The van der Waals surface area contributed by atoms with Gasteiger partial charge in [0.05, 0.1) is 0 Å². The maximum absolute atomic E-state index is 12.5. The molecule has 2 aliphatic rings. The summed E-state index contributed by atoms with van der Waals surface area (Å²) in [7, 11) is 0. The number of rotatable bonds is 4. The first-order valence-corrected chi connectivity index (χ1v) is 9.39. The maximum Gasteiger partial charge on any atom is 0.228 e. The average molecular weight is 355 g/mol. The molecular weight excluding hydrogens is 332 g/mol. The van der Waals surface area contributed by atoms with Gasteiger partial charge in [-0.1, -0.05) is 30.7 Å². The molecular formula is C21H23ClN2O. The molecule has 1 saturated heterocycles. The first-order chi connectivity index (χ1) is 12.1. The van der Waals surface area contributed by atoms with E-state index in [9.17, 15) is 4.79 Å². The third-order valence-electron chi connectivity index (χ3n) is 5.33.